The predicted molar refractivity (Wildman–Crippen MR) is 91.6 cm³/mol. The Morgan fingerprint density at radius 1 is 1.42 bits per heavy atom. The molecule has 0 aliphatic carbocycles. The molecule has 2 atom stereocenters. The van der Waals surface area contributed by atoms with E-state index in [-0.39, 0.29) is 11.9 Å². The van der Waals surface area contributed by atoms with Crippen LogP contribution in [0.5, 0.6) is 0 Å². The second-order valence-electron chi connectivity index (χ2n) is 6.68. The lowest BCUT2D eigenvalue weighted by Crippen LogP contribution is -2.43. The van der Waals surface area contributed by atoms with E-state index < -0.39 is 0 Å². The Balaban J connectivity index is 1.58. The number of hydrogen-bond acceptors (Lipinski definition) is 3. The van der Waals surface area contributed by atoms with E-state index in [1.807, 2.05) is 0 Å². The zero-order chi connectivity index (χ0) is 17.0. The van der Waals surface area contributed by atoms with E-state index in [1.165, 1.54) is 12.1 Å². The summed E-state index contributed by atoms with van der Waals surface area (Å²) in [5.41, 5.74) is 1.25. The Morgan fingerprint density at radius 3 is 2.83 bits per heavy atom. The molecule has 2 fully saturated rings. The number of rotatable bonds is 4. The molecule has 24 heavy (non-hydrogen) atoms. The molecule has 1 aromatic carbocycles. The zero-order valence-electron chi connectivity index (χ0n) is 14.4. The Hall–Kier alpha value is -1.66. The van der Waals surface area contributed by atoms with Crippen molar-refractivity contribution in [1.29, 1.82) is 0 Å². The summed E-state index contributed by atoms with van der Waals surface area (Å²) < 4.78 is 24.2. The molecule has 1 spiro atoms. The van der Waals surface area contributed by atoms with Gasteiger partial charge in [-0.2, -0.15) is 0 Å². The van der Waals surface area contributed by atoms with Gasteiger partial charge in [-0.3, -0.25) is 4.99 Å². The van der Waals surface area contributed by atoms with Crippen molar-refractivity contribution in [3.63, 3.8) is 0 Å². The monoisotopic (exact) mass is 335 g/mol. The zero-order valence-corrected chi connectivity index (χ0v) is 14.4. The number of aliphatic imine (C=N–C) groups is 1. The smallest absolute Gasteiger partial charge is 0.193 e. The van der Waals surface area contributed by atoms with Gasteiger partial charge in [0.05, 0.1) is 12.7 Å². The molecule has 1 N–H and O–H groups in total. The van der Waals surface area contributed by atoms with Crippen LogP contribution in [-0.2, 0) is 9.47 Å². The Bertz CT molecular complexity index is 570. The maximum atomic E-state index is 13.1. The fraction of sp³-hybridized carbons (Fsp3) is 0.611. The molecule has 2 aliphatic heterocycles. The van der Waals surface area contributed by atoms with Crippen LogP contribution in [0.25, 0.3) is 0 Å². The highest BCUT2D eigenvalue weighted by Crippen LogP contribution is 2.38. The Morgan fingerprint density at radius 2 is 2.21 bits per heavy atom. The number of methoxy groups -OCH3 is 1. The van der Waals surface area contributed by atoms with E-state index in [0.717, 1.165) is 50.7 Å². The van der Waals surface area contributed by atoms with Crippen LogP contribution in [0.4, 0.5) is 4.39 Å². The van der Waals surface area contributed by atoms with Crippen molar-refractivity contribution >= 4 is 5.96 Å². The highest BCUT2D eigenvalue weighted by molar-refractivity contribution is 5.80. The molecular formula is C18H26FN3O2. The van der Waals surface area contributed by atoms with E-state index in [1.54, 1.807) is 26.3 Å². The quantitative estimate of drug-likeness (QED) is 0.677. The van der Waals surface area contributed by atoms with Gasteiger partial charge < -0.3 is 19.7 Å². The first-order chi connectivity index (χ1) is 11.7. The lowest BCUT2D eigenvalue weighted by Gasteiger charge is -2.26. The van der Waals surface area contributed by atoms with Gasteiger partial charge >= 0.3 is 0 Å². The minimum absolute atomic E-state index is 0.145. The van der Waals surface area contributed by atoms with E-state index in [0.29, 0.717) is 12.0 Å². The van der Waals surface area contributed by atoms with E-state index >= 15 is 0 Å². The van der Waals surface area contributed by atoms with Crippen LogP contribution in [0, 0.1) is 11.2 Å². The number of nitrogens with zero attached hydrogens (tertiary/aromatic N) is 2. The van der Waals surface area contributed by atoms with Crippen LogP contribution in [-0.4, -0.2) is 57.9 Å². The van der Waals surface area contributed by atoms with E-state index in [4.69, 9.17) is 9.47 Å². The lowest BCUT2D eigenvalue weighted by atomic mass is 9.87. The van der Waals surface area contributed by atoms with Crippen LogP contribution in [0.1, 0.15) is 24.5 Å². The van der Waals surface area contributed by atoms with Crippen LogP contribution >= 0.6 is 0 Å². The molecule has 0 amide bonds. The van der Waals surface area contributed by atoms with Crippen LogP contribution in [0.3, 0.4) is 0 Å². The van der Waals surface area contributed by atoms with Crippen molar-refractivity contribution in [2.75, 3.05) is 47.0 Å². The average molecular weight is 335 g/mol. The first-order valence-corrected chi connectivity index (χ1v) is 8.47. The van der Waals surface area contributed by atoms with Crippen molar-refractivity contribution in [3.8, 4) is 0 Å². The third-order valence-corrected chi connectivity index (χ3v) is 5.11. The number of likely N-dealkylation sites (tertiary alicyclic amines) is 1. The molecule has 2 saturated heterocycles. The van der Waals surface area contributed by atoms with Crippen molar-refractivity contribution in [1.82, 2.24) is 10.2 Å². The van der Waals surface area contributed by atoms with E-state index in [2.05, 4.69) is 15.2 Å². The summed E-state index contributed by atoms with van der Waals surface area (Å²) in [5, 5.41) is 3.40. The van der Waals surface area contributed by atoms with Gasteiger partial charge in [-0.05, 0) is 30.5 Å². The Kier molecular flexibility index (Phi) is 5.36. The molecule has 5 nitrogen and oxygen atoms in total. The molecule has 6 heteroatoms. The first kappa shape index (κ1) is 17.2. The summed E-state index contributed by atoms with van der Waals surface area (Å²) in [4.78, 5) is 6.71. The van der Waals surface area contributed by atoms with Gasteiger partial charge in [0.2, 0.25) is 0 Å². The molecule has 2 aliphatic rings. The van der Waals surface area contributed by atoms with Gasteiger partial charge in [0.1, 0.15) is 5.82 Å². The standard InChI is InChI=1S/C18H26FN3O2/c1-20-17(22-9-7-18(12-22)8-10-24-13-18)21-11-16(23-2)14-3-5-15(19)6-4-14/h3-6,16H,7-13H2,1-2H3,(H,20,21). The SMILES string of the molecule is CN=C(NCC(OC)c1ccc(F)cc1)N1CCC2(CCOC2)C1. The van der Waals surface area contributed by atoms with Crippen LogP contribution < -0.4 is 5.32 Å². The van der Waals surface area contributed by atoms with Crippen LogP contribution in [0.15, 0.2) is 29.3 Å². The number of halogens is 1. The molecule has 0 aromatic heterocycles. The van der Waals surface area contributed by atoms with Gasteiger partial charge in [-0.25, -0.2) is 4.39 Å². The second-order valence-corrected chi connectivity index (χ2v) is 6.68. The van der Waals surface area contributed by atoms with Gasteiger partial charge in [0, 0.05) is 45.8 Å². The minimum atomic E-state index is -0.237. The van der Waals surface area contributed by atoms with Crippen molar-refractivity contribution in [2.45, 2.75) is 18.9 Å². The predicted octanol–water partition coefficient (Wildman–Crippen LogP) is 2.20. The fourth-order valence-electron chi connectivity index (χ4n) is 3.62. The number of ether oxygens (including phenoxy) is 2. The number of benzene rings is 1. The summed E-state index contributed by atoms with van der Waals surface area (Å²) >= 11 is 0. The average Bonchev–Trinajstić information content (AvgIpc) is 3.23. The number of hydrogen-bond donors (Lipinski definition) is 1. The summed E-state index contributed by atoms with van der Waals surface area (Å²) in [6, 6.07) is 6.43. The number of nitrogens with one attached hydrogen (secondary N) is 1. The fourth-order valence-corrected chi connectivity index (χ4v) is 3.62. The summed E-state index contributed by atoms with van der Waals surface area (Å²) in [6.45, 7) is 4.31. The minimum Gasteiger partial charge on any atom is -0.381 e. The topological polar surface area (TPSA) is 46.1 Å². The molecule has 0 saturated carbocycles. The molecule has 2 heterocycles. The second kappa shape index (κ2) is 7.49. The van der Waals surface area contributed by atoms with Gasteiger partial charge in [0.15, 0.2) is 5.96 Å². The van der Waals surface area contributed by atoms with E-state index in [9.17, 15) is 4.39 Å². The lowest BCUT2D eigenvalue weighted by molar-refractivity contribution is 0.105. The summed E-state index contributed by atoms with van der Waals surface area (Å²) in [6.07, 6.45) is 2.14. The first-order valence-electron chi connectivity index (χ1n) is 8.47. The molecule has 0 bridgehead atoms. The molecule has 132 valence electrons. The third-order valence-electron chi connectivity index (χ3n) is 5.11. The maximum absolute atomic E-state index is 13.1. The summed E-state index contributed by atoms with van der Waals surface area (Å²) in [7, 11) is 3.47. The molecule has 3 rings (SSSR count). The van der Waals surface area contributed by atoms with Gasteiger partial charge in [-0.15, -0.1) is 0 Å². The summed E-state index contributed by atoms with van der Waals surface area (Å²) in [5.74, 6) is 0.654. The molecular weight excluding hydrogens is 309 g/mol. The van der Waals surface area contributed by atoms with Crippen LogP contribution in [0.2, 0.25) is 0 Å². The Labute approximate surface area is 142 Å². The molecule has 2 unspecified atom stereocenters. The maximum Gasteiger partial charge on any atom is 0.193 e. The van der Waals surface area contributed by atoms with Crippen molar-refractivity contribution in [2.24, 2.45) is 10.4 Å². The third kappa shape index (κ3) is 3.70. The largest absolute Gasteiger partial charge is 0.381 e. The molecule has 1 aromatic rings. The van der Waals surface area contributed by atoms with Gasteiger partial charge in [0.25, 0.3) is 0 Å². The molecule has 0 radical (unpaired) electrons. The highest BCUT2D eigenvalue weighted by atomic mass is 19.1. The van der Waals surface area contributed by atoms with Gasteiger partial charge in [-0.1, -0.05) is 12.1 Å². The van der Waals surface area contributed by atoms with Crippen molar-refractivity contribution in [3.05, 3.63) is 35.6 Å². The van der Waals surface area contributed by atoms with Crippen molar-refractivity contribution < 1.29 is 13.9 Å². The number of guanidine groups is 1. The normalized spacial score (nSPS) is 25.5. The highest BCUT2D eigenvalue weighted by Gasteiger charge is 2.42.